The van der Waals surface area contributed by atoms with Gasteiger partial charge in [0.2, 0.25) is 0 Å². The standard InChI is InChI=1S/C12H26N/c1-3-4-5-6-7-8-9-10-11-12-13-2/h3-12H2,1-2H3. The molecule has 0 saturated heterocycles. The SMILES string of the molecule is CCCCCCCCCCC[N]C. The van der Waals surface area contributed by atoms with Gasteiger partial charge in [-0.2, -0.15) is 0 Å². The van der Waals surface area contributed by atoms with Crippen molar-refractivity contribution in [3.63, 3.8) is 0 Å². The van der Waals surface area contributed by atoms with Crippen molar-refractivity contribution in [3.8, 4) is 0 Å². The molecule has 0 aliphatic carbocycles. The van der Waals surface area contributed by atoms with Gasteiger partial charge in [-0.05, 0) is 6.42 Å². The summed E-state index contributed by atoms with van der Waals surface area (Å²) in [5.41, 5.74) is 0. The first-order valence-corrected chi connectivity index (χ1v) is 5.97. The second kappa shape index (κ2) is 12.0. The summed E-state index contributed by atoms with van der Waals surface area (Å²) >= 11 is 0. The summed E-state index contributed by atoms with van der Waals surface area (Å²) in [5.74, 6) is 0. The normalized spacial score (nSPS) is 10.6. The monoisotopic (exact) mass is 184 g/mol. The summed E-state index contributed by atoms with van der Waals surface area (Å²) < 4.78 is 0. The van der Waals surface area contributed by atoms with Crippen molar-refractivity contribution in [2.75, 3.05) is 13.6 Å². The summed E-state index contributed by atoms with van der Waals surface area (Å²) in [4.78, 5) is 0. The van der Waals surface area contributed by atoms with Crippen LogP contribution in [-0.2, 0) is 0 Å². The Hall–Kier alpha value is -0.0400. The quantitative estimate of drug-likeness (QED) is 0.459. The Morgan fingerprint density at radius 1 is 0.692 bits per heavy atom. The minimum absolute atomic E-state index is 1.07. The zero-order valence-electron chi connectivity index (χ0n) is 9.52. The highest BCUT2D eigenvalue weighted by Gasteiger charge is 1.91. The Labute approximate surface area is 84.3 Å². The second-order valence-corrected chi connectivity index (χ2v) is 3.87. The lowest BCUT2D eigenvalue weighted by Crippen LogP contribution is -1.98. The third-order valence-electron chi connectivity index (χ3n) is 2.49. The van der Waals surface area contributed by atoms with Gasteiger partial charge in [-0.15, -0.1) is 0 Å². The first kappa shape index (κ1) is 13.0. The fourth-order valence-electron chi connectivity index (χ4n) is 1.58. The van der Waals surface area contributed by atoms with Crippen LogP contribution >= 0.6 is 0 Å². The summed E-state index contributed by atoms with van der Waals surface area (Å²) in [6.07, 6.45) is 12.7. The molecule has 0 amide bonds. The van der Waals surface area contributed by atoms with Crippen LogP contribution < -0.4 is 5.32 Å². The molecule has 0 rings (SSSR count). The predicted octanol–water partition coefficient (Wildman–Crippen LogP) is 3.75. The largest absolute Gasteiger partial charge is 0.245 e. The van der Waals surface area contributed by atoms with E-state index in [4.69, 9.17) is 0 Å². The minimum Gasteiger partial charge on any atom is -0.245 e. The molecule has 0 N–H and O–H groups in total. The van der Waals surface area contributed by atoms with E-state index < -0.39 is 0 Å². The van der Waals surface area contributed by atoms with E-state index in [-0.39, 0.29) is 0 Å². The number of unbranched alkanes of at least 4 members (excludes halogenated alkanes) is 8. The molecule has 0 bridgehead atoms. The molecular formula is C12H26N. The van der Waals surface area contributed by atoms with Gasteiger partial charge < -0.3 is 0 Å². The zero-order chi connectivity index (χ0) is 9.78. The molecule has 0 fully saturated rings. The van der Waals surface area contributed by atoms with Crippen LogP contribution in [0.5, 0.6) is 0 Å². The van der Waals surface area contributed by atoms with Crippen LogP contribution in [0.2, 0.25) is 0 Å². The third kappa shape index (κ3) is 12.0. The number of hydrogen-bond acceptors (Lipinski definition) is 0. The molecule has 0 spiro atoms. The van der Waals surface area contributed by atoms with Gasteiger partial charge in [0.05, 0.1) is 0 Å². The maximum atomic E-state index is 4.09. The maximum absolute atomic E-state index is 4.09. The van der Waals surface area contributed by atoms with E-state index in [9.17, 15) is 0 Å². The van der Waals surface area contributed by atoms with E-state index in [1.54, 1.807) is 0 Å². The van der Waals surface area contributed by atoms with Crippen molar-refractivity contribution in [2.45, 2.75) is 64.7 Å². The highest BCUT2D eigenvalue weighted by Crippen LogP contribution is 2.08. The molecule has 0 aliphatic heterocycles. The number of rotatable bonds is 10. The molecule has 79 valence electrons. The first-order valence-electron chi connectivity index (χ1n) is 5.97. The highest BCUT2D eigenvalue weighted by atomic mass is 14.8. The lowest BCUT2D eigenvalue weighted by molar-refractivity contribution is 0.557. The van der Waals surface area contributed by atoms with Crippen LogP contribution in [0.3, 0.4) is 0 Å². The van der Waals surface area contributed by atoms with E-state index in [1.165, 1.54) is 57.8 Å². The molecule has 0 aromatic heterocycles. The van der Waals surface area contributed by atoms with E-state index in [2.05, 4.69) is 12.2 Å². The number of nitrogens with zero attached hydrogens (tertiary/aromatic N) is 1. The molecule has 0 heterocycles. The van der Waals surface area contributed by atoms with Crippen LogP contribution in [0, 0.1) is 0 Å². The smallest absolute Gasteiger partial charge is 0.0130 e. The molecule has 0 aromatic rings. The Bertz CT molecular complexity index is 71.2. The Kier molecular flexibility index (Phi) is 11.9. The molecule has 0 saturated carbocycles. The van der Waals surface area contributed by atoms with E-state index in [0.717, 1.165) is 6.54 Å². The lowest BCUT2D eigenvalue weighted by Gasteiger charge is -2.00. The first-order chi connectivity index (χ1) is 6.41. The predicted molar refractivity (Wildman–Crippen MR) is 60.2 cm³/mol. The third-order valence-corrected chi connectivity index (χ3v) is 2.49. The topological polar surface area (TPSA) is 14.1 Å². The fourth-order valence-corrected chi connectivity index (χ4v) is 1.58. The van der Waals surface area contributed by atoms with Crippen molar-refractivity contribution in [1.29, 1.82) is 0 Å². The van der Waals surface area contributed by atoms with Gasteiger partial charge in [0, 0.05) is 13.6 Å². The average Bonchev–Trinajstić information content (AvgIpc) is 2.16. The van der Waals surface area contributed by atoms with Crippen LogP contribution in [-0.4, -0.2) is 13.6 Å². The summed E-state index contributed by atoms with van der Waals surface area (Å²) in [7, 11) is 1.91. The molecule has 0 unspecified atom stereocenters. The van der Waals surface area contributed by atoms with Gasteiger partial charge in [0.15, 0.2) is 0 Å². The average molecular weight is 184 g/mol. The minimum atomic E-state index is 1.07. The van der Waals surface area contributed by atoms with Crippen molar-refractivity contribution in [1.82, 2.24) is 5.32 Å². The fraction of sp³-hybridized carbons (Fsp3) is 1.00. The maximum Gasteiger partial charge on any atom is 0.0130 e. The van der Waals surface area contributed by atoms with E-state index in [1.807, 2.05) is 7.05 Å². The Morgan fingerprint density at radius 2 is 1.15 bits per heavy atom. The van der Waals surface area contributed by atoms with Gasteiger partial charge in [-0.3, -0.25) is 0 Å². The summed E-state index contributed by atoms with van der Waals surface area (Å²) in [6.45, 7) is 3.34. The van der Waals surface area contributed by atoms with E-state index >= 15 is 0 Å². The summed E-state index contributed by atoms with van der Waals surface area (Å²) in [5, 5.41) is 4.09. The molecule has 1 heteroatoms. The zero-order valence-corrected chi connectivity index (χ0v) is 9.52. The van der Waals surface area contributed by atoms with Gasteiger partial charge >= 0.3 is 0 Å². The number of hydrogen-bond donors (Lipinski definition) is 0. The Morgan fingerprint density at radius 3 is 1.62 bits per heavy atom. The van der Waals surface area contributed by atoms with Crippen LogP contribution in [0.1, 0.15) is 64.7 Å². The van der Waals surface area contributed by atoms with Gasteiger partial charge in [-0.1, -0.05) is 58.3 Å². The molecule has 0 atom stereocenters. The van der Waals surface area contributed by atoms with Crippen molar-refractivity contribution >= 4 is 0 Å². The second-order valence-electron chi connectivity index (χ2n) is 3.87. The molecular weight excluding hydrogens is 158 g/mol. The lowest BCUT2D eigenvalue weighted by atomic mass is 10.1. The molecule has 13 heavy (non-hydrogen) atoms. The molecule has 0 aliphatic rings. The highest BCUT2D eigenvalue weighted by molar-refractivity contribution is 4.47. The van der Waals surface area contributed by atoms with Crippen LogP contribution in [0.25, 0.3) is 0 Å². The van der Waals surface area contributed by atoms with Crippen molar-refractivity contribution in [2.24, 2.45) is 0 Å². The summed E-state index contributed by atoms with van der Waals surface area (Å²) in [6, 6.07) is 0. The van der Waals surface area contributed by atoms with Gasteiger partial charge in [0.1, 0.15) is 0 Å². The van der Waals surface area contributed by atoms with Gasteiger partial charge in [-0.25, -0.2) is 5.32 Å². The van der Waals surface area contributed by atoms with Crippen molar-refractivity contribution in [3.05, 3.63) is 0 Å². The van der Waals surface area contributed by atoms with Crippen LogP contribution in [0.4, 0.5) is 0 Å². The van der Waals surface area contributed by atoms with Crippen LogP contribution in [0.15, 0.2) is 0 Å². The Balaban J connectivity index is 2.76. The molecule has 1 radical (unpaired) electrons. The molecule has 0 aromatic carbocycles. The van der Waals surface area contributed by atoms with E-state index in [0.29, 0.717) is 0 Å². The van der Waals surface area contributed by atoms with Crippen molar-refractivity contribution < 1.29 is 0 Å². The molecule has 1 nitrogen and oxygen atoms in total. The van der Waals surface area contributed by atoms with Gasteiger partial charge in [0.25, 0.3) is 0 Å².